The van der Waals surface area contributed by atoms with E-state index in [0.717, 1.165) is 0 Å². The van der Waals surface area contributed by atoms with Crippen LogP contribution in [0.15, 0.2) is 12.4 Å². The maximum atomic E-state index is 12.2. The number of aliphatic carboxylic acids is 1. The molecule has 8 heteroatoms. The van der Waals surface area contributed by atoms with Crippen molar-refractivity contribution in [2.45, 2.75) is 25.9 Å². The van der Waals surface area contributed by atoms with Gasteiger partial charge < -0.3 is 20.1 Å². The molecule has 2 heterocycles. The van der Waals surface area contributed by atoms with Gasteiger partial charge in [-0.05, 0) is 13.8 Å². The quantitative estimate of drug-likeness (QED) is 0.865. The van der Waals surface area contributed by atoms with Crippen LogP contribution in [0.1, 0.15) is 19.9 Å². The van der Waals surface area contributed by atoms with Crippen molar-refractivity contribution < 1.29 is 19.4 Å². The number of rotatable bonds is 4. The lowest BCUT2D eigenvalue weighted by molar-refractivity contribution is -0.142. The number of aromatic nitrogens is 2. The summed E-state index contributed by atoms with van der Waals surface area (Å²) in [5, 5.41) is 16.0. The Kier molecular flexibility index (Phi) is 4.46. The molecule has 2 atom stereocenters. The van der Waals surface area contributed by atoms with Gasteiger partial charge in [0.15, 0.2) is 0 Å². The lowest BCUT2D eigenvalue weighted by Gasteiger charge is -2.26. The van der Waals surface area contributed by atoms with Gasteiger partial charge >= 0.3 is 12.0 Å². The van der Waals surface area contributed by atoms with Gasteiger partial charge in [0.1, 0.15) is 5.92 Å². The molecule has 2 unspecified atom stereocenters. The molecule has 21 heavy (non-hydrogen) atoms. The number of nitrogens with zero attached hydrogens (tertiary/aromatic N) is 3. The number of hydrogen-bond acceptors (Lipinski definition) is 4. The van der Waals surface area contributed by atoms with Crippen LogP contribution in [0.3, 0.4) is 0 Å². The van der Waals surface area contributed by atoms with Crippen LogP contribution in [-0.2, 0) is 9.53 Å². The van der Waals surface area contributed by atoms with Crippen molar-refractivity contribution in [2.24, 2.45) is 5.92 Å². The topological polar surface area (TPSA) is 96.7 Å². The van der Waals surface area contributed by atoms with E-state index in [0.29, 0.717) is 5.69 Å². The Morgan fingerprint density at radius 2 is 2.24 bits per heavy atom. The van der Waals surface area contributed by atoms with Gasteiger partial charge in [-0.15, -0.1) is 0 Å². The van der Waals surface area contributed by atoms with Gasteiger partial charge in [0.25, 0.3) is 0 Å². The molecule has 0 saturated carbocycles. The second-order valence-corrected chi connectivity index (χ2v) is 5.39. The number of anilines is 1. The first-order valence-electron chi connectivity index (χ1n) is 6.78. The van der Waals surface area contributed by atoms with Crippen LogP contribution in [-0.4, -0.2) is 58.1 Å². The van der Waals surface area contributed by atoms with E-state index in [9.17, 15) is 9.59 Å². The zero-order valence-corrected chi connectivity index (χ0v) is 12.3. The SMILES string of the molecule is CC(C)n1cc(NC(=O)N(C)C2COCC2C(=O)O)cn1. The van der Waals surface area contributed by atoms with E-state index in [4.69, 9.17) is 9.84 Å². The second-order valence-electron chi connectivity index (χ2n) is 5.39. The number of carbonyl (C=O) groups excluding carboxylic acids is 1. The van der Waals surface area contributed by atoms with Gasteiger partial charge in [-0.3, -0.25) is 9.48 Å². The number of nitrogens with one attached hydrogen (secondary N) is 1. The van der Waals surface area contributed by atoms with E-state index in [2.05, 4.69) is 10.4 Å². The summed E-state index contributed by atoms with van der Waals surface area (Å²) in [6.45, 7) is 4.32. The predicted octanol–water partition coefficient (Wildman–Crippen LogP) is 1.03. The van der Waals surface area contributed by atoms with Crippen molar-refractivity contribution in [3.63, 3.8) is 0 Å². The molecule has 116 valence electrons. The van der Waals surface area contributed by atoms with E-state index >= 15 is 0 Å². The minimum Gasteiger partial charge on any atom is -0.481 e. The molecule has 2 amide bonds. The molecule has 1 fully saturated rings. The molecule has 1 aliphatic heterocycles. The zero-order chi connectivity index (χ0) is 15.6. The summed E-state index contributed by atoms with van der Waals surface area (Å²) in [6, 6.07) is -0.643. The van der Waals surface area contributed by atoms with Crippen LogP contribution in [0.5, 0.6) is 0 Å². The largest absolute Gasteiger partial charge is 0.481 e. The van der Waals surface area contributed by atoms with Crippen LogP contribution in [0.25, 0.3) is 0 Å². The summed E-state index contributed by atoms with van der Waals surface area (Å²) in [4.78, 5) is 24.7. The van der Waals surface area contributed by atoms with Crippen LogP contribution < -0.4 is 5.32 Å². The van der Waals surface area contributed by atoms with E-state index in [-0.39, 0.29) is 25.3 Å². The van der Waals surface area contributed by atoms with Crippen molar-refractivity contribution in [3.05, 3.63) is 12.4 Å². The molecule has 1 aliphatic rings. The molecule has 1 aromatic rings. The minimum atomic E-state index is -0.954. The highest BCUT2D eigenvalue weighted by Gasteiger charge is 2.38. The van der Waals surface area contributed by atoms with Crippen molar-refractivity contribution in [1.82, 2.24) is 14.7 Å². The number of ether oxygens (including phenoxy) is 1. The molecular weight excluding hydrogens is 276 g/mol. The second kappa shape index (κ2) is 6.13. The lowest BCUT2D eigenvalue weighted by atomic mass is 10.0. The Hall–Kier alpha value is -2.09. The van der Waals surface area contributed by atoms with Crippen molar-refractivity contribution in [1.29, 1.82) is 0 Å². The third kappa shape index (κ3) is 3.33. The van der Waals surface area contributed by atoms with Crippen LogP contribution in [0.4, 0.5) is 10.5 Å². The normalized spacial score (nSPS) is 21.5. The molecule has 2 N–H and O–H groups in total. The maximum Gasteiger partial charge on any atom is 0.322 e. The van der Waals surface area contributed by atoms with Crippen LogP contribution in [0.2, 0.25) is 0 Å². The predicted molar refractivity (Wildman–Crippen MR) is 75.1 cm³/mol. The standard InChI is InChI=1S/C13H20N4O4/c1-8(2)17-5-9(4-14-17)15-13(20)16(3)11-7-21-6-10(11)12(18)19/h4-5,8,10-11H,6-7H2,1-3H3,(H,15,20)(H,18,19). The maximum absolute atomic E-state index is 12.2. The fourth-order valence-corrected chi connectivity index (χ4v) is 2.21. The first-order chi connectivity index (χ1) is 9.90. The van der Waals surface area contributed by atoms with Crippen molar-refractivity contribution in [2.75, 3.05) is 25.6 Å². The molecule has 0 radical (unpaired) electrons. The van der Waals surface area contributed by atoms with Gasteiger partial charge in [0.05, 0.1) is 31.1 Å². The highest BCUT2D eigenvalue weighted by Crippen LogP contribution is 2.20. The molecule has 0 aliphatic carbocycles. The van der Waals surface area contributed by atoms with Gasteiger partial charge in [0, 0.05) is 19.3 Å². The summed E-state index contributed by atoms with van der Waals surface area (Å²) in [6.07, 6.45) is 3.29. The average molecular weight is 296 g/mol. The Bertz CT molecular complexity index is 528. The Morgan fingerprint density at radius 1 is 1.52 bits per heavy atom. The van der Waals surface area contributed by atoms with Crippen molar-refractivity contribution in [3.8, 4) is 0 Å². The third-order valence-electron chi connectivity index (χ3n) is 3.57. The fourth-order valence-electron chi connectivity index (χ4n) is 2.21. The van der Waals surface area contributed by atoms with Crippen LogP contribution in [0, 0.1) is 5.92 Å². The fraction of sp³-hybridized carbons (Fsp3) is 0.615. The number of urea groups is 1. The number of carboxylic acid groups (broad SMARTS) is 1. The van der Waals surface area contributed by atoms with Gasteiger partial charge in [-0.1, -0.05) is 0 Å². The highest BCUT2D eigenvalue weighted by molar-refractivity contribution is 5.89. The summed E-state index contributed by atoms with van der Waals surface area (Å²) in [5.74, 6) is -1.65. The van der Waals surface area contributed by atoms with E-state index in [1.807, 2.05) is 13.8 Å². The molecule has 0 aromatic carbocycles. The highest BCUT2D eigenvalue weighted by atomic mass is 16.5. The Morgan fingerprint density at radius 3 is 2.81 bits per heavy atom. The smallest absolute Gasteiger partial charge is 0.322 e. The van der Waals surface area contributed by atoms with E-state index in [1.54, 1.807) is 24.1 Å². The number of carboxylic acids is 1. The molecule has 1 saturated heterocycles. The third-order valence-corrected chi connectivity index (χ3v) is 3.57. The Balaban J connectivity index is 2.00. The summed E-state index contributed by atoms with van der Waals surface area (Å²) in [7, 11) is 1.57. The summed E-state index contributed by atoms with van der Waals surface area (Å²) < 4.78 is 6.90. The monoisotopic (exact) mass is 296 g/mol. The van der Waals surface area contributed by atoms with Gasteiger partial charge in [0.2, 0.25) is 0 Å². The van der Waals surface area contributed by atoms with Crippen molar-refractivity contribution >= 4 is 17.7 Å². The zero-order valence-electron chi connectivity index (χ0n) is 12.3. The number of amides is 2. The number of hydrogen-bond donors (Lipinski definition) is 2. The summed E-state index contributed by atoms with van der Waals surface area (Å²) >= 11 is 0. The molecule has 2 rings (SSSR count). The number of carbonyl (C=O) groups is 2. The first-order valence-corrected chi connectivity index (χ1v) is 6.78. The van der Waals surface area contributed by atoms with Crippen LogP contribution >= 0.6 is 0 Å². The van der Waals surface area contributed by atoms with Gasteiger partial charge in [-0.2, -0.15) is 5.10 Å². The molecule has 1 aromatic heterocycles. The first kappa shape index (κ1) is 15.3. The summed E-state index contributed by atoms with van der Waals surface area (Å²) in [5.41, 5.74) is 0.575. The molecular formula is C13H20N4O4. The van der Waals surface area contributed by atoms with E-state index < -0.39 is 17.9 Å². The minimum absolute atomic E-state index is 0.128. The Labute approximate surface area is 122 Å². The lowest BCUT2D eigenvalue weighted by Crippen LogP contribution is -2.45. The molecule has 0 bridgehead atoms. The van der Waals surface area contributed by atoms with Gasteiger partial charge in [-0.25, -0.2) is 4.79 Å². The molecule has 8 nitrogen and oxygen atoms in total. The van der Waals surface area contributed by atoms with E-state index in [1.165, 1.54) is 4.90 Å². The number of likely N-dealkylation sites (N-methyl/N-ethyl adjacent to an activating group) is 1. The average Bonchev–Trinajstić information content (AvgIpc) is 3.06. The molecule has 0 spiro atoms.